The number of hydrogen-bond acceptors (Lipinski definition) is 2. The minimum Gasteiger partial charge on any atom is -0.342 e. The van der Waals surface area contributed by atoms with Gasteiger partial charge in [0.1, 0.15) is 0 Å². The normalized spacial score (nSPS) is 27.3. The summed E-state index contributed by atoms with van der Waals surface area (Å²) in [6, 6.07) is 5.38. The molecule has 3 atom stereocenters. The zero-order valence-electron chi connectivity index (χ0n) is 13.1. The second-order valence-corrected chi connectivity index (χ2v) is 6.57. The number of carbonyl (C=O) groups excluding carboxylic acids is 1. The molecule has 0 radical (unpaired) electrons. The number of amides is 1. The number of alkyl halides is 3. The van der Waals surface area contributed by atoms with Crippen molar-refractivity contribution in [1.82, 2.24) is 10.2 Å². The van der Waals surface area contributed by atoms with E-state index in [1.165, 1.54) is 12.1 Å². The van der Waals surface area contributed by atoms with Crippen molar-refractivity contribution < 1.29 is 18.0 Å². The van der Waals surface area contributed by atoms with Crippen molar-refractivity contribution in [2.75, 3.05) is 26.7 Å². The smallest absolute Gasteiger partial charge is 0.342 e. The van der Waals surface area contributed by atoms with E-state index in [4.69, 9.17) is 0 Å². The van der Waals surface area contributed by atoms with Gasteiger partial charge in [-0.2, -0.15) is 13.2 Å². The Bertz CT molecular complexity index is 587. The standard InChI is InChI=1S/C17H21F3N2O/c1-21-9-11-5-6-22(10-11)16(23)15-8-14(15)12-3-2-4-13(7-12)17(18,19)20/h2-4,7,11,14-15,21H,5-6,8-10H2,1H3/t11-,14-,15-/m0/s1. The third-order valence-corrected chi connectivity index (χ3v) is 4.84. The number of likely N-dealkylation sites (tertiary alicyclic amines) is 1. The average molecular weight is 326 g/mol. The molecule has 2 fully saturated rings. The Labute approximate surface area is 133 Å². The van der Waals surface area contributed by atoms with Gasteiger partial charge in [0.15, 0.2) is 0 Å². The first-order valence-corrected chi connectivity index (χ1v) is 8.00. The highest BCUT2D eigenvalue weighted by atomic mass is 19.4. The lowest BCUT2D eigenvalue weighted by molar-refractivity contribution is -0.137. The summed E-state index contributed by atoms with van der Waals surface area (Å²) in [5.74, 6) is 0.376. The monoisotopic (exact) mass is 326 g/mol. The van der Waals surface area contributed by atoms with Gasteiger partial charge in [-0.25, -0.2) is 0 Å². The molecule has 1 aliphatic carbocycles. The van der Waals surface area contributed by atoms with Crippen molar-refractivity contribution in [3.63, 3.8) is 0 Å². The molecule has 1 amide bonds. The molecule has 3 nitrogen and oxygen atoms in total. The minimum atomic E-state index is -4.33. The number of carbonyl (C=O) groups is 1. The van der Waals surface area contributed by atoms with E-state index < -0.39 is 11.7 Å². The molecule has 2 aliphatic rings. The molecule has 23 heavy (non-hydrogen) atoms. The second-order valence-electron chi connectivity index (χ2n) is 6.57. The van der Waals surface area contributed by atoms with Crippen molar-refractivity contribution >= 4 is 5.91 Å². The number of halogens is 3. The van der Waals surface area contributed by atoms with Gasteiger partial charge in [0, 0.05) is 19.0 Å². The Morgan fingerprint density at radius 2 is 2.17 bits per heavy atom. The zero-order valence-corrected chi connectivity index (χ0v) is 13.1. The van der Waals surface area contributed by atoms with Crippen LogP contribution in [0, 0.1) is 11.8 Å². The highest BCUT2D eigenvalue weighted by Crippen LogP contribution is 2.49. The van der Waals surface area contributed by atoms with Gasteiger partial charge in [0.05, 0.1) is 5.56 Å². The molecule has 0 aromatic heterocycles. The summed E-state index contributed by atoms with van der Waals surface area (Å²) < 4.78 is 38.4. The van der Waals surface area contributed by atoms with Crippen LogP contribution in [0.3, 0.4) is 0 Å². The van der Waals surface area contributed by atoms with E-state index in [1.807, 2.05) is 11.9 Å². The van der Waals surface area contributed by atoms with E-state index in [0.717, 1.165) is 32.1 Å². The molecule has 1 aromatic rings. The molecule has 126 valence electrons. The van der Waals surface area contributed by atoms with E-state index in [2.05, 4.69) is 5.32 Å². The number of nitrogens with one attached hydrogen (secondary N) is 1. The van der Waals surface area contributed by atoms with E-state index in [1.54, 1.807) is 6.07 Å². The first-order valence-electron chi connectivity index (χ1n) is 8.00. The van der Waals surface area contributed by atoms with Crippen molar-refractivity contribution in [1.29, 1.82) is 0 Å². The lowest BCUT2D eigenvalue weighted by atomic mass is 10.1. The van der Waals surface area contributed by atoms with Crippen LogP contribution in [-0.2, 0) is 11.0 Å². The van der Waals surface area contributed by atoms with Crippen LogP contribution >= 0.6 is 0 Å². The van der Waals surface area contributed by atoms with Crippen molar-refractivity contribution in [2.24, 2.45) is 11.8 Å². The maximum atomic E-state index is 12.8. The first-order chi connectivity index (χ1) is 10.9. The Morgan fingerprint density at radius 3 is 2.87 bits per heavy atom. The number of hydrogen-bond donors (Lipinski definition) is 1. The first kappa shape index (κ1) is 16.3. The van der Waals surface area contributed by atoms with E-state index in [-0.39, 0.29) is 17.7 Å². The maximum Gasteiger partial charge on any atom is 0.416 e. The van der Waals surface area contributed by atoms with Crippen LogP contribution < -0.4 is 5.32 Å². The van der Waals surface area contributed by atoms with Crippen molar-refractivity contribution in [2.45, 2.75) is 24.9 Å². The summed E-state index contributed by atoms with van der Waals surface area (Å²) in [7, 11) is 1.90. The summed E-state index contributed by atoms with van der Waals surface area (Å²) in [4.78, 5) is 14.4. The fourth-order valence-electron chi connectivity index (χ4n) is 3.50. The molecule has 3 rings (SSSR count). The summed E-state index contributed by atoms with van der Waals surface area (Å²) in [6.45, 7) is 2.41. The lowest BCUT2D eigenvalue weighted by Crippen LogP contribution is -2.31. The topological polar surface area (TPSA) is 32.3 Å². The summed E-state index contributed by atoms with van der Waals surface area (Å²) in [5.41, 5.74) is -0.00694. The molecule has 0 spiro atoms. The van der Waals surface area contributed by atoms with Crippen LogP contribution in [-0.4, -0.2) is 37.5 Å². The highest BCUT2D eigenvalue weighted by molar-refractivity contribution is 5.83. The molecular formula is C17H21F3N2O. The predicted octanol–water partition coefficient (Wildman–Crippen LogP) is 2.88. The van der Waals surface area contributed by atoms with Crippen molar-refractivity contribution in [3.8, 4) is 0 Å². The van der Waals surface area contributed by atoms with Gasteiger partial charge in [-0.1, -0.05) is 18.2 Å². The molecule has 0 bridgehead atoms. The molecule has 1 aromatic carbocycles. The fraction of sp³-hybridized carbons (Fsp3) is 0.588. The van der Waals surface area contributed by atoms with Gasteiger partial charge in [0.25, 0.3) is 0 Å². The number of nitrogens with zero attached hydrogens (tertiary/aromatic N) is 1. The zero-order chi connectivity index (χ0) is 16.6. The third kappa shape index (κ3) is 3.52. The van der Waals surface area contributed by atoms with Crippen molar-refractivity contribution in [3.05, 3.63) is 35.4 Å². The SMILES string of the molecule is CNC[C@@H]1CCN(C(=O)[C@H]2C[C@H]2c2cccc(C(F)(F)F)c2)C1. The van der Waals surface area contributed by atoms with Gasteiger partial charge in [-0.05, 0) is 49.9 Å². The summed E-state index contributed by atoms with van der Waals surface area (Å²) in [5, 5.41) is 3.12. The van der Waals surface area contributed by atoms with Crippen LogP contribution in [0.5, 0.6) is 0 Å². The Balaban J connectivity index is 1.62. The van der Waals surface area contributed by atoms with Gasteiger partial charge < -0.3 is 10.2 Å². The Hall–Kier alpha value is -1.56. The van der Waals surface area contributed by atoms with Gasteiger partial charge >= 0.3 is 6.18 Å². The second kappa shape index (κ2) is 6.15. The molecule has 1 saturated heterocycles. The molecule has 1 heterocycles. The van der Waals surface area contributed by atoms with Gasteiger partial charge in [0.2, 0.25) is 5.91 Å². The lowest BCUT2D eigenvalue weighted by Gasteiger charge is -2.17. The van der Waals surface area contributed by atoms with Crippen LogP contribution in [0.25, 0.3) is 0 Å². The number of rotatable bonds is 4. The minimum absolute atomic E-state index is 0.0619. The molecule has 1 N–H and O–H groups in total. The molecule has 0 unspecified atom stereocenters. The quantitative estimate of drug-likeness (QED) is 0.923. The summed E-state index contributed by atoms with van der Waals surface area (Å²) in [6.07, 6.45) is -2.68. The van der Waals surface area contributed by atoms with E-state index in [0.29, 0.717) is 17.9 Å². The predicted molar refractivity (Wildman–Crippen MR) is 80.9 cm³/mol. The third-order valence-electron chi connectivity index (χ3n) is 4.84. The highest BCUT2D eigenvalue weighted by Gasteiger charge is 2.47. The average Bonchev–Trinajstić information content (AvgIpc) is 3.18. The maximum absolute atomic E-state index is 12.8. The Morgan fingerprint density at radius 1 is 1.39 bits per heavy atom. The molecule has 1 aliphatic heterocycles. The van der Waals surface area contributed by atoms with Gasteiger partial charge in [-0.3, -0.25) is 4.79 Å². The van der Waals surface area contributed by atoms with Crippen LogP contribution in [0.1, 0.15) is 29.9 Å². The van der Waals surface area contributed by atoms with Crippen LogP contribution in [0.4, 0.5) is 13.2 Å². The number of benzene rings is 1. The van der Waals surface area contributed by atoms with Crippen LogP contribution in [0.15, 0.2) is 24.3 Å². The fourth-order valence-corrected chi connectivity index (χ4v) is 3.50. The largest absolute Gasteiger partial charge is 0.416 e. The molecule has 6 heteroatoms. The molecular weight excluding hydrogens is 305 g/mol. The molecule has 1 saturated carbocycles. The van der Waals surface area contributed by atoms with E-state index >= 15 is 0 Å². The summed E-state index contributed by atoms with van der Waals surface area (Å²) >= 11 is 0. The van der Waals surface area contributed by atoms with E-state index in [9.17, 15) is 18.0 Å². The Kier molecular flexibility index (Phi) is 4.36. The van der Waals surface area contributed by atoms with Crippen LogP contribution in [0.2, 0.25) is 0 Å². The van der Waals surface area contributed by atoms with Gasteiger partial charge in [-0.15, -0.1) is 0 Å².